The first-order valence-electron chi connectivity index (χ1n) is 6.60. The van der Waals surface area contributed by atoms with Gasteiger partial charge in [-0.25, -0.2) is 4.79 Å². The second kappa shape index (κ2) is 5.51. The number of amides is 1. The molecule has 0 aromatic heterocycles. The van der Waals surface area contributed by atoms with Crippen LogP contribution >= 0.6 is 0 Å². The third-order valence-corrected chi connectivity index (χ3v) is 3.63. The van der Waals surface area contributed by atoms with Crippen LogP contribution in [0.15, 0.2) is 12.1 Å². The van der Waals surface area contributed by atoms with Gasteiger partial charge in [0.05, 0.1) is 4.92 Å². The van der Waals surface area contributed by atoms with Crippen LogP contribution in [-0.4, -0.2) is 27.9 Å². The molecule has 1 fully saturated rings. The van der Waals surface area contributed by atoms with E-state index in [0.717, 1.165) is 12.8 Å². The lowest BCUT2D eigenvalue weighted by Crippen LogP contribution is -2.42. The highest BCUT2D eigenvalue weighted by Crippen LogP contribution is 2.33. The predicted octanol–water partition coefficient (Wildman–Crippen LogP) is 1.80. The Morgan fingerprint density at radius 2 is 1.95 bits per heavy atom. The van der Waals surface area contributed by atoms with Crippen LogP contribution in [0.4, 0.5) is 5.69 Å². The summed E-state index contributed by atoms with van der Waals surface area (Å²) < 4.78 is 0. The van der Waals surface area contributed by atoms with Gasteiger partial charge in [-0.05, 0) is 44.2 Å². The van der Waals surface area contributed by atoms with E-state index in [4.69, 9.17) is 5.11 Å². The molecule has 1 aliphatic rings. The van der Waals surface area contributed by atoms with Gasteiger partial charge in [0, 0.05) is 17.2 Å². The third-order valence-electron chi connectivity index (χ3n) is 3.63. The van der Waals surface area contributed by atoms with Crippen molar-refractivity contribution in [1.82, 2.24) is 5.32 Å². The highest BCUT2D eigenvalue weighted by Gasteiger charge is 2.37. The smallest absolute Gasteiger partial charge is 0.326 e. The number of aliphatic carboxylic acids is 1. The fourth-order valence-electron chi connectivity index (χ4n) is 2.31. The van der Waals surface area contributed by atoms with E-state index in [9.17, 15) is 19.7 Å². The zero-order valence-electron chi connectivity index (χ0n) is 11.8. The number of nitro benzene ring substituents is 1. The maximum atomic E-state index is 12.2. The number of nitrogens with one attached hydrogen (secondary N) is 1. The van der Waals surface area contributed by atoms with Crippen molar-refractivity contribution in [2.24, 2.45) is 5.92 Å². The number of benzene rings is 1. The van der Waals surface area contributed by atoms with Crippen LogP contribution in [0.3, 0.4) is 0 Å². The summed E-state index contributed by atoms with van der Waals surface area (Å²) >= 11 is 0. The molecule has 7 nitrogen and oxygen atoms in total. The Morgan fingerprint density at radius 3 is 2.43 bits per heavy atom. The summed E-state index contributed by atoms with van der Waals surface area (Å²) in [7, 11) is 0. The van der Waals surface area contributed by atoms with E-state index in [1.165, 1.54) is 6.07 Å². The SMILES string of the molecule is Cc1cc(C)c([N+](=O)[O-])cc1C(=O)NC(C(=O)O)C1CC1. The van der Waals surface area contributed by atoms with Crippen LogP contribution < -0.4 is 5.32 Å². The van der Waals surface area contributed by atoms with E-state index < -0.39 is 22.8 Å². The number of rotatable bonds is 5. The molecule has 0 radical (unpaired) electrons. The normalized spacial score (nSPS) is 15.3. The van der Waals surface area contributed by atoms with Crippen LogP contribution in [0, 0.1) is 29.9 Å². The van der Waals surface area contributed by atoms with E-state index in [0.29, 0.717) is 11.1 Å². The lowest BCUT2D eigenvalue weighted by molar-refractivity contribution is -0.385. The number of aryl methyl sites for hydroxylation is 2. The molecule has 21 heavy (non-hydrogen) atoms. The first-order valence-corrected chi connectivity index (χ1v) is 6.60. The summed E-state index contributed by atoms with van der Waals surface area (Å²) in [5, 5.41) is 22.5. The minimum absolute atomic E-state index is 0.0489. The van der Waals surface area contributed by atoms with Gasteiger partial charge >= 0.3 is 5.97 Å². The second-order valence-electron chi connectivity index (χ2n) is 5.34. The van der Waals surface area contributed by atoms with Crippen LogP contribution in [-0.2, 0) is 4.79 Å². The lowest BCUT2D eigenvalue weighted by atomic mass is 10.0. The number of carboxylic acid groups (broad SMARTS) is 1. The molecule has 1 aromatic rings. The fraction of sp³-hybridized carbons (Fsp3) is 0.429. The number of nitro groups is 1. The van der Waals surface area contributed by atoms with Crippen LogP contribution in [0.5, 0.6) is 0 Å². The molecule has 112 valence electrons. The first-order chi connectivity index (χ1) is 9.81. The zero-order valence-corrected chi connectivity index (χ0v) is 11.8. The molecule has 2 N–H and O–H groups in total. The maximum Gasteiger partial charge on any atom is 0.326 e. The summed E-state index contributed by atoms with van der Waals surface area (Å²) in [6.07, 6.45) is 1.54. The molecule has 1 unspecified atom stereocenters. The average Bonchev–Trinajstić information content (AvgIpc) is 3.18. The Labute approximate surface area is 121 Å². The van der Waals surface area contributed by atoms with Gasteiger partial charge in [-0.3, -0.25) is 14.9 Å². The predicted molar refractivity (Wildman–Crippen MR) is 74.2 cm³/mol. The van der Waals surface area contributed by atoms with Crippen LogP contribution in [0.1, 0.15) is 34.3 Å². The molecule has 1 saturated carbocycles. The fourth-order valence-corrected chi connectivity index (χ4v) is 2.31. The Kier molecular flexibility index (Phi) is 3.93. The molecule has 1 amide bonds. The highest BCUT2D eigenvalue weighted by atomic mass is 16.6. The summed E-state index contributed by atoms with van der Waals surface area (Å²) in [4.78, 5) is 33.7. The Hall–Kier alpha value is -2.44. The van der Waals surface area contributed by atoms with Crippen molar-refractivity contribution >= 4 is 17.6 Å². The number of hydrogen-bond donors (Lipinski definition) is 2. The van der Waals surface area contributed by atoms with Crippen LogP contribution in [0.2, 0.25) is 0 Å². The molecular weight excluding hydrogens is 276 g/mol. The molecule has 0 aliphatic heterocycles. The second-order valence-corrected chi connectivity index (χ2v) is 5.34. The maximum absolute atomic E-state index is 12.2. The van der Waals surface area contributed by atoms with Crippen molar-refractivity contribution in [2.45, 2.75) is 32.7 Å². The number of carbonyl (C=O) groups is 2. The molecule has 0 heterocycles. The summed E-state index contributed by atoms with van der Waals surface area (Å²) in [5.74, 6) is -1.72. The Morgan fingerprint density at radius 1 is 1.33 bits per heavy atom. The average molecular weight is 292 g/mol. The number of nitrogens with zero attached hydrogens (tertiary/aromatic N) is 1. The summed E-state index contributed by atoms with van der Waals surface area (Å²) in [6, 6.07) is 1.82. The summed E-state index contributed by atoms with van der Waals surface area (Å²) in [6.45, 7) is 3.26. The van der Waals surface area contributed by atoms with Gasteiger partial charge in [0.25, 0.3) is 11.6 Å². The van der Waals surface area contributed by atoms with Gasteiger partial charge in [-0.1, -0.05) is 0 Å². The minimum atomic E-state index is -1.08. The standard InChI is InChI=1S/C14H16N2O5/c1-7-5-8(2)11(16(20)21)6-10(7)13(17)15-12(14(18)19)9-3-4-9/h5-6,9,12H,3-4H2,1-2H3,(H,15,17)(H,18,19). The van der Waals surface area contributed by atoms with Crippen molar-refractivity contribution in [3.05, 3.63) is 38.9 Å². The Balaban J connectivity index is 2.28. The van der Waals surface area contributed by atoms with E-state index in [2.05, 4.69) is 5.32 Å². The van der Waals surface area contributed by atoms with Gasteiger partial charge in [-0.2, -0.15) is 0 Å². The topological polar surface area (TPSA) is 110 Å². The molecule has 1 atom stereocenters. The minimum Gasteiger partial charge on any atom is -0.480 e. The highest BCUT2D eigenvalue weighted by molar-refractivity contribution is 5.98. The molecule has 0 spiro atoms. The number of hydrogen-bond acceptors (Lipinski definition) is 4. The van der Waals surface area contributed by atoms with Gasteiger partial charge in [0.15, 0.2) is 0 Å². The largest absolute Gasteiger partial charge is 0.480 e. The number of carbonyl (C=O) groups excluding carboxylic acids is 1. The van der Waals surface area contributed by atoms with Crippen molar-refractivity contribution in [2.75, 3.05) is 0 Å². The van der Waals surface area contributed by atoms with Gasteiger partial charge < -0.3 is 10.4 Å². The van der Waals surface area contributed by atoms with Gasteiger partial charge in [-0.15, -0.1) is 0 Å². The molecule has 0 bridgehead atoms. The lowest BCUT2D eigenvalue weighted by Gasteiger charge is -2.15. The molecule has 1 aromatic carbocycles. The first kappa shape index (κ1) is 15.0. The van der Waals surface area contributed by atoms with Crippen molar-refractivity contribution in [3.8, 4) is 0 Å². The molecular formula is C14H16N2O5. The van der Waals surface area contributed by atoms with Crippen molar-refractivity contribution in [3.63, 3.8) is 0 Å². The van der Waals surface area contributed by atoms with Gasteiger partial charge in [0.1, 0.15) is 6.04 Å². The zero-order chi connectivity index (χ0) is 15.7. The van der Waals surface area contributed by atoms with Crippen molar-refractivity contribution in [1.29, 1.82) is 0 Å². The van der Waals surface area contributed by atoms with Crippen molar-refractivity contribution < 1.29 is 19.6 Å². The molecule has 0 saturated heterocycles. The molecule has 2 rings (SSSR count). The van der Waals surface area contributed by atoms with Crippen LogP contribution in [0.25, 0.3) is 0 Å². The van der Waals surface area contributed by atoms with E-state index in [1.54, 1.807) is 19.9 Å². The monoisotopic (exact) mass is 292 g/mol. The quantitative estimate of drug-likeness (QED) is 0.635. The third kappa shape index (κ3) is 3.18. The Bertz CT molecular complexity index is 622. The van der Waals surface area contributed by atoms with E-state index >= 15 is 0 Å². The number of carboxylic acids is 1. The van der Waals surface area contributed by atoms with Gasteiger partial charge in [0.2, 0.25) is 0 Å². The van der Waals surface area contributed by atoms with E-state index in [1.807, 2.05) is 0 Å². The van der Waals surface area contributed by atoms with E-state index in [-0.39, 0.29) is 17.2 Å². The molecule has 1 aliphatic carbocycles. The molecule has 7 heteroatoms. The summed E-state index contributed by atoms with van der Waals surface area (Å²) in [5.41, 5.74) is 1.03.